The van der Waals surface area contributed by atoms with Gasteiger partial charge < -0.3 is 9.64 Å². The molecule has 1 aromatic carbocycles. The number of hydrogen-bond acceptors (Lipinski definition) is 9. The highest BCUT2D eigenvalue weighted by Crippen LogP contribution is 2.36. The van der Waals surface area contributed by atoms with E-state index in [0.29, 0.717) is 5.13 Å². The normalized spacial score (nSPS) is 13.6. The summed E-state index contributed by atoms with van der Waals surface area (Å²) in [6, 6.07) is 10.0. The number of carbonyl (C=O) groups is 1. The Hall–Kier alpha value is -3.09. The predicted octanol–water partition coefficient (Wildman–Crippen LogP) is 6.75. The van der Waals surface area contributed by atoms with Gasteiger partial charge in [0.1, 0.15) is 10.9 Å². The van der Waals surface area contributed by atoms with Gasteiger partial charge in [0.15, 0.2) is 0 Å². The van der Waals surface area contributed by atoms with Gasteiger partial charge in [0.05, 0.1) is 10.4 Å². The van der Waals surface area contributed by atoms with E-state index >= 15 is 0 Å². The lowest BCUT2D eigenvalue weighted by molar-refractivity contribution is -0.124. The fourth-order valence-corrected chi connectivity index (χ4v) is 5.68. The van der Waals surface area contributed by atoms with Crippen LogP contribution in [0.15, 0.2) is 40.3 Å². The topological polar surface area (TPSA) is 90.9 Å². The Morgan fingerprint density at radius 1 is 1.28 bits per heavy atom. The van der Waals surface area contributed by atoms with Crippen LogP contribution in [0.25, 0.3) is 15.6 Å². The lowest BCUT2D eigenvalue weighted by Crippen LogP contribution is -2.21. The second-order valence-corrected chi connectivity index (χ2v) is 9.53. The molecule has 0 unspecified atom stereocenters. The number of benzene rings is 1. The molecule has 0 atom stereocenters. The second-order valence-electron chi connectivity index (χ2n) is 7.46. The van der Waals surface area contributed by atoms with Crippen molar-refractivity contribution in [1.29, 1.82) is 5.26 Å². The maximum atomic E-state index is 10.4. The summed E-state index contributed by atoms with van der Waals surface area (Å²) in [6.45, 7) is 4.68. The third-order valence-corrected chi connectivity index (χ3v) is 7.23. The molecule has 0 saturated carbocycles. The number of thiophene rings is 1. The van der Waals surface area contributed by atoms with Crippen molar-refractivity contribution in [3.8, 4) is 6.07 Å². The van der Waals surface area contributed by atoms with E-state index < -0.39 is 0 Å². The quantitative estimate of drug-likeness (QED) is 0.109. The molecule has 164 valence electrons. The van der Waals surface area contributed by atoms with Crippen molar-refractivity contribution in [3.63, 3.8) is 0 Å². The molecule has 0 radical (unpaired) electrons. The van der Waals surface area contributed by atoms with Crippen LogP contribution in [0.4, 0.5) is 16.5 Å². The third kappa shape index (κ3) is 5.21. The molecule has 1 aliphatic heterocycles. The van der Waals surface area contributed by atoms with Gasteiger partial charge in [-0.15, -0.1) is 21.6 Å². The van der Waals surface area contributed by atoms with E-state index in [-0.39, 0.29) is 12.2 Å². The van der Waals surface area contributed by atoms with Gasteiger partial charge in [-0.05, 0) is 42.7 Å². The van der Waals surface area contributed by atoms with Crippen molar-refractivity contribution < 1.29 is 9.53 Å². The number of rotatable bonds is 10. The highest BCUT2D eigenvalue weighted by molar-refractivity contribution is 7.29. The zero-order valence-electron chi connectivity index (χ0n) is 17.8. The van der Waals surface area contributed by atoms with Crippen LogP contribution in [0.5, 0.6) is 0 Å². The first-order chi connectivity index (χ1) is 15.7. The highest BCUT2D eigenvalue weighted by atomic mass is 32.1. The summed E-state index contributed by atoms with van der Waals surface area (Å²) in [4.78, 5) is 19.0. The van der Waals surface area contributed by atoms with E-state index in [1.807, 2.05) is 18.2 Å². The van der Waals surface area contributed by atoms with Gasteiger partial charge in [0.2, 0.25) is 10.9 Å². The molecule has 0 spiro atoms. The molecule has 32 heavy (non-hydrogen) atoms. The minimum atomic E-state index is -0.0510. The van der Waals surface area contributed by atoms with Crippen LogP contribution in [0.2, 0.25) is 0 Å². The fourth-order valence-electron chi connectivity index (χ4n) is 3.71. The largest absolute Gasteiger partial charge is 0.417 e. The number of ether oxygens (including phenoxy) is 1. The van der Waals surface area contributed by atoms with E-state index in [4.69, 9.17) is 5.26 Å². The number of hydrogen-bond donors (Lipinski definition) is 0. The van der Waals surface area contributed by atoms with Gasteiger partial charge in [-0.3, -0.25) is 4.79 Å². The van der Waals surface area contributed by atoms with E-state index in [2.05, 4.69) is 43.9 Å². The number of nitrogens with zero attached hydrogens (tertiary/aromatic N) is 5. The molecular formula is C23H23N5O2S2. The average molecular weight is 466 g/mol. The number of aromatic nitrogens is 1. The number of carbonyl (C=O) groups excluding carboxylic acids is 1. The van der Waals surface area contributed by atoms with Gasteiger partial charge >= 0.3 is 0 Å². The third-order valence-electron chi connectivity index (χ3n) is 5.24. The Morgan fingerprint density at radius 3 is 2.97 bits per heavy atom. The summed E-state index contributed by atoms with van der Waals surface area (Å²) in [5.41, 5.74) is 3.49. The minimum absolute atomic E-state index is 0.0510. The van der Waals surface area contributed by atoms with E-state index in [1.165, 1.54) is 65.7 Å². The zero-order valence-corrected chi connectivity index (χ0v) is 19.4. The molecule has 2 aromatic heterocycles. The van der Waals surface area contributed by atoms with E-state index in [9.17, 15) is 4.79 Å². The lowest BCUT2D eigenvalue weighted by Gasteiger charge is -2.19. The molecule has 1 aliphatic rings. The molecule has 4 rings (SSSR count). The number of allylic oxidation sites excluding steroid dienone is 1. The van der Waals surface area contributed by atoms with Crippen molar-refractivity contribution in [1.82, 2.24) is 4.98 Å². The van der Waals surface area contributed by atoms with Gasteiger partial charge in [-0.2, -0.15) is 5.26 Å². The number of nitriles is 1. The van der Waals surface area contributed by atoms with Gasteiger partial charge in [-0.25, -0.2) is 4.98 Å². The molecular weight excluding hydrogens is 442 g/mol. The summed E-state index contributed by atoms with van der Waals surface area (Å²) < 4.78 is 5.57. The molecule has 9 heteroatoms. The summed E-state index contributed by atoms with van der Waals surface area (Å²) in [5, 5.41) is 18.3. The van der Waals surface area contributed by atoms with Crippen LogP contribution in [0, 0.1) is 11.3 Å². The Kier molecular flexibility index (Phi) is 7.24. The van der Waals surface area contributed by atoms with E-state index in [0.717, 1.165) is 39.6 Å². The van der Waals surface area contributed by atoms with Crippen molar-refractivity contribution in [3.05, 3.63) is 40.5 Å². The van der Waals surface area contributed by atoms with Gasteiger partial charge in [-0.1, -0.05) is 37.5 Å². The Labute approximate surface area is 194 Å². The van der Waals surface area contributed by atoms with Crippen LogP contribution in [-0.4, -0.2) is 24.5 Å². The summed E-state index contributed by atoms with van der Waals surface area (Å²) in [5.74, 6) is -0.0510. The molecule has 0 N–H and O–H groups in total. The molecule has 0 fully saturated rings. The molecule has 7 nitrogen and oxygen atoms in total. The second kappa shape index (κ2) is 10.5. The zero-order chi connectivity index (χ0) is 22.3. The first-order valence-corrected chi connectivity index (χ1v) is 12.3. The number of anilines is 1. The predicted molar refractivity (Wildman–Crippen MR) is 129 cm³/mol. The van der Waals surface area contributed by atoms with E-state index in [1.54, 1.807) is 0 Å². The number of azo groups is 1. The SMILES string of the molecule is CCCCCCN1CCc2cc(N=Nc3nc4sc(/C=C(\C#N)OC=O)cc4s3)ccc21. The van der Waals surface area contributed by atoms with Crippen molar-refractivity contribution >= 4 is 61.3 Å². The maximum Gasteiger partial charge on any atom is 0.299 e. The van der Waals surface area contributed by atoms with Gasteiger partial charge in [0.25, 0.3) is 6.47 Å². The standard InChI is InChI=1S/C23H23N5O2S2/c1-2-3-4-5-9-28-10-8-16-11-17(6-7-20(16)28)26-27-23-25-22-21(32-23)13-19(31-22)12-18(14-24)30-15-29/h6-7,11-13,15H,2-5,8-10H2,1H3/b18-12+,27-26?. The highest BCUT2D eigenvalue weighted by Gasteiger charge is 2.18. The molecule has 0 amide bonds. The number of fused-ring (bicyclic) bond motifs is 2. The maximum absolute atomic E-state index is 10.4. The Bertz CT molecular complexity index is 1170. The monoisotopic (exact) mass is 465 g/mol. The number of unbranched alkanes of at least 4 members (excludes halogenated alkanes) is 3. The Balaban J connectivity index is 1.42. The summed E-state index contributed by atoms with van der Waals surface area (Å²) in [6.07, 6.45) is 7.68. The minimum Gasteiger partial charge on any atom is -0.417 e. The Morgan fingerprint density at radius 2 is 2.19 bits per heavy atom. The molecule has 0 bridgehead atoms. The number of thiazole rings is 1. The van der Waals surface area contributed by atoms with Crippen LogP contribution in [0.1, 0.15) is 43.0 Å². The molecule has 0 aliphatic carbocycles. The molecule has 3 heterocycles. The smallest absolute Gasteiger partial charge is 0.299 e. The van der Waals surface area contributed by atoms with Gasteiger partial charge in [0, 0.05) is 29.7 Å². The average Bonchev–Trinajstić information content (AvgIpc) is 3.48. The lowest BCUT2D eigenvalue weighted by atomic mass is 10.1. The van der Waals surface area contributed by atoms with Crippen molar-refractivity contribution in [2.45, 2.75) is 39.0 Å². The van der Waals surface area contributed by atoms with Crippen LogP contribution >= 0.6 is 22.7 Å². The van der Waals surface area contributed by atoms with Crippen LogP contribution in [-0.2, 0) is 16.0 Å². The first kappa shape index (κ1) is 22.1. The summed E-state index contributed by atoms with van der Waals surface area (Å²) >= 11 is 2.84. The summed E-state index contributed by atoms with van der Waals surface area (Å²) in [7, 11) is 0. The van der Waals surface area contributed by atoms with Crippen LogP contribution < -0.4 is 4.90 Å². The first-order valence-electron chi connectivity index (χ1n) is 10.6. The fraction of sp³-hybridized carbons (Fsp3) is 0.348. The molecule has 0 saturated heterocycles. The van der Waals surface area contributed by atoms with Crippen LogP contribution in [0.3, 0.4) is 0 Å². The van der Waals surface area contributed by atoms with Crippen molar-refractivity contribution in [2.75, 3.05) is 18.0 Å². The molecule has 3 aromatic rings. The van der Waals surface area contributed by atoms with Crippen molar-refractivity contribution in [2.24, 2.45) is 10.2 Å².